The van der Waals surface area contributed by atoms with Gasteiger partial charge in [0.1, 0.15) is 13.2 Å². The van der Waals surface area contributed by atoms with Gasteiger partial charge in [0.05, 0.1) is 71.5 Å². The molecule has 3 aromatic carbocycles. The van der Waals surface area contributed by atoms with Gasteiger partial charge in [0, 0.05) is 59.2 Å². The van der Waals surface area contributed by atoms with Gasteiger partial charge in [0.2, 0.25) is 0 Å². The molecule has 338 valence electrons. The second kappa shape index (κ2) is 21.3. The summed E-state index contributed by atoms with van der Waals surface area (Å²) in [7, 11) is -6.43. The molecule has 22 heteroatoms. The summed E-state index contributed by atoms with van der Waals surface area (Å²) >= 11 is 1.77. The smallest absolute Gasteiger partial charge is 0.273 e. The molecule has 0 unspecified atom stereocenters. The normalized spacial score (nSPS) is 17.3. The Labute approximate surface area is 371 Å². The molecule has 4 amide bonds. The van der Waals surface area contributed by atoms with Crippen LogP contribution in [0.25, 0.3) is 0 Å². The number of Topliss-reactive ketones (excluding diaryl/α,β-unsaturated/α-hetero) is 1. The zero-order valence-corrected chi connectivity index (χ0v) is 37.2. The molecule has 6 rings (SSSR count). The molecule has 63 heavy (non-hydrogen) atoms. The summed E-state index contributed by atoms with van der Waals surface area (Å²) in [5, 5.41) is 0. The van der Waals surface area contributed by atoms with E-state index in [0.29, 0.717) is 14.7 Å². The fourth-order valence-electron chi connectivity index (χ4n) is 6.34. The number of nitrogens with zero attached hydrogens (tertiary/aromatic N) is 3. The summed E-state index contributed by atoms with van der Waals surface area (Å²) in [5.41, 5.74) is 0.142. The molecule has 3 heterocycles. The lowest BCUT2D eigenvalue weighted by atomic mass is 10.2. The number of thioether (sulfide) groups is 2. The second-order valence-electron chi connectivity index (χ2n) is 14.3. The van der Waals surface area contributed by atoms with Crippen LogP contribution < -0.4 is 9.64 Å². The van der Waals surface area contributed by atoms with Crippen molar-refractivity contribution in [1.29, 1.82) is 0 Å². The molecule has 16 nitrogen and oxygen atoms in total. The molecule has 3 aromatic rings. The van der Waals surface area contributed by atoms with Crippen LogP contribution in [0, 0.1) is 11.6 Å². The maximum atomic E-state index is 15.4. The Morgan fingerprint density at radius 2 is 0.984 bits per heavy atom. The SMILES string of the molecule is CC(=O)COCCOCCOCCOc1c(F)cc(N2C(=O)C(Sc3ccc(C(=O)N4CCS(=O)(=O)CC4)cc3)=C(Sc3ccc(C(=O)N4CCS(=O)(=O)CC4)cc3)C2=O)cc1F. The van der Waals surface area contributed by atoms with E-state index in [1.165, 1.54) is 41.0 Å². The van der Waals surface area contributed by atoms with E-state index in [9.17, 15) is 40.8 Å². The molecule has 3 aliphatic heterocycles. The van der Waals surface area contributed by atoms with Gasteiger partial charge in [-0.05, 0) is 55.5 Å². The van der Waals surface area contributed by atoms with E-state index in [-0.39, 0.29) is 134 Å². The Bertz CT molecular complexity index is 2310. The summed E-state index contributed by atoms with van der Waals surface area (Å²) in [6, 6.07) is 13.8. The molecule has 0 spiro atoms. The number of sulfone groups is 2. The van der Waals surface area contributed by atoms with Crippen LogP contribution in [-0.2, 0) is 48.3 Å². The third-order valence-corrected chi connectivity index (χ3v) is 15.2. The molecule has 0 radical (unpaired) electrons. The molecule has 0 atom stereocenters. The van der Waals surface area contributed by atoms with Crippen molar-refractivity contribution in [2.45, 2.75) is 16.7 Å². The molecule has 0 bridgehead atoms. The van der Waals surface area contributed by atoms with Crippen molar-refractivity contribution in [3.63, 3.8) is 0 Å². The summed E-state index contributed by atoms with van der Waals surface area (Å²) in [4.78, 5) is 69.5. The third kappa shape index (κ3) is 12.7. The number of rotatable bonds is 19. The van der Waals surface area contributed by atoms with Gasteiger partial charge in [0.15, 0.2) is 42.8 Å². The minimum atomic E-state index is -3.22. The maximum absolute atomic E-state index is 15.4. The van der Waals surface area contributed by atoms with Crippen molar-refractivity contribution in [2.24, 2.45) is 0 Å². The standard InChI is InChI=1S/C41H43F2N3O13S4/c1-27(47)26-58-17-16-56-14-15-57-18-19-59-35-33(42)24-30(25-34(35)43)46-40(50)36(60-31-6-2-28(3-7-31)38(48)44-10-20-62(52,53)21-11-44)37(41(46)51)61-32-8-4-29(5-9-32)39(49)45-12-22-63(54,55)23-13-45/h2-9,24-25H,10-23,26H2,1H3. The number of amides is 4. The zero-order chi connectivity index (χ0) is 45.3. The lowest BCUT2D eigenvalue weighted by Gasteiger charge is -2.26. The van der Waals surface area contributed by atoms with Crippen molar-refractivity contribution in [1.82, 2.24) is 9.80 Å². The summed E-state index contributed by atoms with van der Waals surface area (Å²) in [6.45, 7) is 2.14. The van der Waals surface area contributed by atoms with E-state index in [2.05, 4.69) is 0 Å². The number of imide groups is 1. The Morgan fingerprint density at radius 1 is 0.603 bits per heavy atom. The van der Waals surface area contributed by atoms with Crippen molar-refractivity contribution in [3.05, 3.63) is 93.2 Å². The average molecular weight is 952 g/mol. The van der Waals surface area contributed by atoms with Crippen LogP contribution in [0.4, 0.5) is 14.5 Å². The molecule has 2 fully saturated rings. The summed E-state index contributed by atoms with van der Waals surface area (Å²) in [6.07, 6.45) is 0. The minimum absolute atomic E-state index is 0.00592. The van der Waals surface area contributed by atoms with Gasteiger partial charge in [-0.15, -0.1) is 0 Å². The summed E-state index contributed by atoms with van der Waals surface area (Å²) < 4.78 is 99.3. The van der Waals surface area contributed by atoms with Gasteiger partial charge in [0.25, 0.3) is 23.6 Å². The largest absolute Gasteiger partial charge is 0.485 e. The Balaban J connectivity index is 1.15. The maximum Gasteiger partial charge on any atom is 0.273 e. The van der Waals surface area contributed by atoms with E-state index < -0.39 is 54.6 Å². The van der Waals surface area contributed by atoms with Gasteiger partial charge in [-0.3, -0.25) is 24.0 Å². The lowest BCUT2D eigenvalue weighted by molar-refractivity contribution is -0.122. The van der Waals surface area contributed by atoms with E-state index in [4.69, 9.17) is 18.9 Å². The molecule has 3 aliphatic rings. The highest BCUT2D eigenvalue weighted by molar-refractivity contribution is 8.08. The fraction of sp³-hybridized carbons (Fsp3) is 0.390. The van der Waals surface area contributed by atoms with Crippen LogP contribution in [-0.4, -0.2) is 151 Å². The van der Waals surface area contributed by atoms with Crippen LogP contribution >= 0.6 is 23.5 Å². The Hall–Kier alpha value is -4.71. The molecular weight excluding hydrogens is 909 g/mol. The number of hydrogen-bond donors (Lipinski definition) is 0. The van der Waals surface area contributed by atoms with E-state index in [1.807, 2.05) is 0 Å². The number of anilines is 1. The highest BCUT2D eigenvalue weighted by Gasteiger charge is 2.41. The van der Waals surface area contributed by atoms with Crippen molar-refractivity contribution >= 4 is 78.3 Å². The van der Waals surface area contributed by atoms with Crippen LogP contribution in [0.15, 0.2) is 80.3 Å². The first-order chi connectivity index (χ1) is 30.0. The monoisotopic (exact) mass is 951 g/mol. The highest BCUT2D eigenvalue weighted by Crippen LogP contribution is 2.44. The van der Waals surface area contributed by atoms with Crippen LogP contribution in [0.2, 0.25) is 0 Å². The Kier molecular flexibility index (Phi) is 16.2. The summed E-state index contributed by atoms with van der Waals surface area (Å²) in [5.74, 6) is -6.32. The van der Waals surface area contributed by atoms with Crippen LogP contribution in [0.1, 0.15) is 27.6 Å². The number of ether oxygens (including phenoxy) is 4. The van der Waals surface area contributed by atoms with Crippen molar-refractivity contribution in [3.8, 4) is 5.75 Å². The average Bonchev–Trinajstić information content (AvgIpc) is 3.47. The molecular formula is C41H43F2N3O13S4. The first kappa shape index (κ1) is 47.8. The highest BCUT2D eigenvalue weighted by atomic mass is 32.2. The van der Waals surface area contributed by atoms with Crippen molar-refractivity contribution in [2.75, 3.05) is 100 Å². The lowest BCUT2D eigenvalue weighted by Crippen LogP contribution is -2.43. The number of benzene rings is 3. The molecule has 0 aromatic heterocycles. The van der Waals surface area contributed by atoms with E-state index >= 15 is 8.78 Å². The predicted molar refractivity (Wildman–Crippen MR) is 228 cm³/mol. The number of ketones is 1. The van der Waals surface area contributed by atoms with Gasteiger partial charge in [-0.2, -0.15) is 0 Å². The number of carbonyl (C=O) groups is 5. The minimum Gasteiger partial charge on any atom is -0.485 e. The van der Waals surface area contributed by atoms with Gasteiger partial charge in [-0.1, -0.05) is 23.5 Å². The van der Waals surface area contributed by atoms with E-state index in [0.717, 1.165) is 35.7 Å². The van der Waals surface area contributed by atoms with Crippen LogP contribution in [0.3, 0.4) is 0 Å². The van der Waals surface area contributed by atoms with Gasteiger partial charge < -0.3 is 28.7 Å². The Morgan fingerprint density at radius 3 is 1.38 bits per heavy atom. The van der Waals surface area contributed by atoms with Crippen molar-refractivity contribution < 1.29 is 68.5 Å². The molecule has 2 saturated heterocycles. The van der Waals surface area contributed by atoms with Crippen LogP contribution in [0.5, 0.6) is 5.75 Å². The second-order valence-corrected chi connectivity index (χ2v) is 21.1. The third-order valence-electron chi connectivity index (χ3n) is 9.67. The fourth-order valence-corrected chi connectivity index (χ4v) is 10.7. The topological polar surface area (TPSA) is 200 Å². The number of halogens is 2. The van der Waals surface area contributed by atoms with Gasteiger partial charge in [-0.25, -0.2) is 30.5 Å². The zero-order valence-electron chi connectivity index (χ0n) is 33.9. The molecule has 0 saturated carbocycles. The first-order valence-electron chi connectivity index (χ1n) is 19.5. The molecule has 0 N–H and O–H groups in total. The number of hydrogen-bond acceptors (Lipinski definition) is 15. The van der Waals surface area contributed by atoms with Gasteiger partial charge >= 0.3 is 0 Å². The predicted octanol–water partition coefficient (Wildman–Crippen LogP) is 3.39. The van der Waals surface area contributed by atoms with E-state index in [1.54, 1.807) is 24.3 Å². The quantitative estimate of drug-likeness (QED) is 0.125. The first-order valence-corrected chi connectivity index (χ1v) is 24.8. The molecule has 0 aliphatic carbocycles. The number of carbonyl (C=O) groups excluding carboxylic acids is 5.